The minimum atomic E-state index is -2.08. The number of carbonyl (C=O) groups excluding carboxylic acids is 2. The molecule has 45 heavy (non-hydrogen) atoms. The number of unbranched alkanes of at least 4 members (excludes halogenated alkanes) is 12. The molecule has 2 bridgehead atoms. The molecule has 3 saturated carbocycles. The first kappa shape index (κ1) is 33.0. The highest BCUT2D eigenvalue weighted by Crippen LogP contribution is 2.72. The second-order valence-electron chi connectivity index (χ2n) is 15.0. The van der Waals surface area contributed by atoms with Crippen LogP contribution in [0, 0.1) is 23.2 Å². The van der Waals surface area contributed by atoms with Crippen LogP contribution in [0.25, 0.3) is 0 Å². The molecule has 8 nitrogen and oxygen atoms in total. The fourth-order valence-corrected chi connectivity index (χ4v) is 9.57. The fraction of sp³-hybridized carbons (Fsp3) is 0.838. The van der Waals surface area contributed by atoms with Crippen molar-refractivity contribution in [2.24, 2.45) is 23.2 Å². The highest BCUT2D eigenvalue weighted by atomic mass is 16.7. The zero-order chi connectivity index (χ0) is 31.5. The molecule has 2 N–H and O–H groups in total. The van der Waals surface area contributed by atoms with Crippen molar-refractivity contribution in [3.05, 3.63) is 23.7 Å². The van der Waals surface area contributed by atoms with Crippen LogP contribution in [0.15, 0.2) is 23.7 Å². The predicted octanol–water partition coefficient (Wildman–Crippen LogP) is 6.69. The Morgan fingerprint density at radius 1 is 0.978 bits per heavy atom. The summed E-state index contributed by atoms with van der Waals surface area (Å²) in [5, 5.41) is 24.5. The van der Waals surface area contributed by atoms with E-state index in [9.17, 15) is 19.8 Å². The van der Waals surface area contributed by atoms with Crippen molar-refractivity contribution < 1.29 is 34.0 Å². The smallest absolute Gasteiger partial charge is 0.308 e. The number of hydrogen-bond acceptors (Lipinski definition) is 8. The number of allylic oxidation sites excluding steroid dienone is 3. The zero-order valence-corrected chi connectivity index (χ0v) is 27.6. The molecular weight excluding hydrogens is 570 g/mol. The molecular formula is C37H57NO7. The summed E-state index contributed by atoms with van der Waals surface area (Å²) in [4.78, 5) is 28.2. The number of rotatable bonds is 19. The van der Waals surface area contributed by atoms with Crippen LogP contribution in [0.1, 0.15) is 135 Å². The van der Waals surface area contributed by atoms with Crippen LogP contribution >= 0.6 is 0 Å². The number of Topliss-reactive ketones (excluding diaryl/α,β-unsaturated/α-hetero) is 1. The number of nitrogens with zero attached hydrogens (tertiary/aromatic N) is 1. The summed E-state index contributed by atoms with van der Waals surface area (Å²) in [7, 11) is 0. The first-order chi connectivity index (χ1) is 21.8. The Kier molecular flexibility index (Phi) is 10.3. The van der Waals surface area contributed by atoms with Crippen LogP contribution in [-0.4, -0.2) is 64.2 Å². The molecule has 6 rings (SSSR count). The minimum Gasteiger partial charge on any atom is -0.454 e. The molecule has 6 aliphatic rings. The molecule has 6 atom stereocenters. The standard InChI is InChI=1S/C37H57NO7/c1-2-3-4-5-6-7-8-9-10-11-12-13-14-15-32(40)44-26-43-29-19-18-28-24-30-36(41)21-20-31(39)37(42)35(36,33(28)34(29)45-37)22-23-38(30)25-27-16-17-27/h18-19,27-28,30,33,41-42H,2-17,20-26H2,1H3/t28?,30?,33?,35-,36-,37+/m1/s1. The van der Waals surface area contributed by atoms with Crippen molar-refractivity contribution in [1.29, 1.82) is 0 Å². The van der Waals surface area contributed by atoms with Crippen molar-refractivity contribution >= 4 is 11.8 Å². The topological polar surface area (TPSA) is 106 Å². The molecule has 0 aromatic heterocycles. The third-order valence-electron chi connectivity index (χ3n) is 12.1. The molecule has 0 radical (unpaired) electrons. The van der Waals surface area contributed by atoms with Crippen molar-refractivity contribution in [3.63, 3.8) is 0 Å². The quantitative estimate of drug-likeness (QED) is 0.0928. The molecule has 252 valence electrons. The Bertz CT molecular complexity index is 1130. The monoisotopic (exact) mass is 627 g/mol. The molecule has 8 heteroatoms. The maximum Gasteiger partial charge on any atom is 0.308 e. The number of ether oxygens (including phenoxy) is 3. The normalized spacial score (nSPS) is 34.9. The second kappa shape index (κ2) is 14.1. The second-order valence-corrected chi connectivity index (χ2v) is 15.0. The van der Waals surface area contributed by atoms with Crippen LogP contribution in [0.2, 0.25) is 0 Å². The van der Waals surface area contributed by atoms with E-state index < -0.39 is 16.8 Å². The summed E-state index contributed by atoms with van der Waals surface area (Å²) < 4.78 is 17.6. The number of hydrogen-bond donors (Lipinski definition) is 2. The van der Waals surface area contributed by atoms with E-state index in [-0.39, 0.29) is 42.8 Å². The largest absolute Gasteiger partial charge is 0.454 e. The summed E-state index contributed by atoms with van der Waals surface area (Å²) in [6.45, 7) is 3.71. The maximum atomic E-state index is 13.3. The molecule has 3 unspecified atom stereocenters. The maximum absolute atomic E-state index is 13.3. The first-order valence-corrected chi connectivity index (χ1v) is 18.5. The average Bonchev–Trinajstić information content (AvgIpc) is 3.79. The number of esters is 1. The van der Waals surface area contributed by atoms with E-state index in [1.165, 1.54) is 77.0 Å². The number of likely N-dealkylation sites (tertiary alicyclic amines) is 1. The highest BCUT2D eigenvalue weighted by Gasteiger charge is 2.83. The summed E-state index contributed by atoms with van der Waals surface area (Å²) in [6.07, 6.45) is 24.8. The van der Waals surface area contributed by atoms with Gasteiger partial charge >= 0.3 is 5.97 Å². The fourth-order valence-electron chi connectivity index (χ4n) is 9.57. The molecule has 2 saturated heterocycles. The van der Waals surface area contributed by atoms with E-state index in [1.807, 2.05) is 6.08 Å². The summed E-state index contributed by atoms with van der Waals surface area (Å²) in [5.41, 5.74) is -2.33. The number of piperidine rings is 1. The van der Waals surface area contributed by atoms with Crippen molar-refractivity contribution in [1.82, 2.24) is 4.90 Å². The molecule has 0 aromatic carbocycles. The van der Waals surface area contributed by atoms with Gasteiger partial charge in [-0.3, -0.25) is 14.5 Å². The third-order valence-corrected chi connectivity index (χ3v) is 12.1. The van der Waals surface area contributed by atoms with Gasteiger partial charge in [0.05, 0.1) is 11.0 Å². The van der Waals surface area contributed by atoms with Gasteiger partial charge in [0.1, 0.15) is 5.76 Å². The van der Waals surface area contributed by atoms with E-state index in [4.69, 9.17) is 14.2 Å². The van der Waals surface area contributed by atoms with Gasteiger partial charge in [0.2, 0.25) is 12.6 Å². The van der Waals surface area contributed by atoms with Gasteiger partial charge < -0.3 is 24.4 Å². The molecule has 5 fully saturated rings. The third kappa shape index (κ3) is 6.25. The van der Waals surface area contributed by atoms with E-state index in [2.05, 4.69) is 17.9 Å². The highest BCUT2D eigenvalue weighted by molar-refractivity contribution is 5.89. The van der Waals surface area contributed by atoms with E-state index in [0.717, 1.165) is 38.8 Å². The molecule has 0 aromatic rings. The van der Waals surface area contributed by atoms with Crippen molar-refractivity contribution in [3.8, 4) is 0 Å². The Morgan fingerprint density at radius 2 is 1.64 bits per heavy atom. The van der Waals surface area contributed by atoms with Crippen LogP contribution in [-0.2, 0) is 23.8 Å². The number of ketones is 1. The van der Waals surface area contributed by atoms with E-state index >= 15 is 0 Å². The van der Waals surface area contributed by atoms with Gasteiger partial charge in [0, 0.05) is 31.3 Å². The van der Waals surface area contributed by atoms with Crippen LogP contribution in [0.3, 0.4) is 0 Å². The van der Waals surface area contributed by atoms with Gasteiger partial charge in [-0.15, -0.1) is 0 Å². The summed E-state index contributed by atoms with van der Waals surface area (Å²) in [5.74, 6) is -1.53. The van der Waals surface area contributed by atoms with Gasteiger partial charge in [-0.1, -0.05) is 90.0 Å². The Morgan fingerprint density at radius 3 is 2.31 bits per heavy atom. The molecule has 1 spiro atoms. The van der Waals surface area contributed by atoms with Crippen LogP contribution in [0.4, 0.5) is 0 Å². The Balaban J connectivity index is 0.963. The zero-order valence-electron chi connectivity index (χ0n) is 27.6. The van der Waals surface area contributed by atoms with Crippen molar-refractivity contribution in [2.45, 2.75) is 153 Å². The number of carbonyl (C=O) groups is 2. The molecule has 2 aliphatic heterocycles. The van der Waals surface area contributed by atoms with Gasteiger partial charge in [-0.25, -0.2) is 0 Å². The van der Waals surface area contributed by atoms with Crippen LogP contribution < -0.4 is 0 Å². The predicted molar refractivity (Wildman–Crippen MR) is 170 cm³/mol. The van der Waals surface area contributed by atoms with Crippen LogP contribution in [0.5, 0.6) is 0 Å². The van der Waals surface area contributed by atoms with E-state index in [1.54, 1.807) is 0 Å². The first-order valence-electron chi connectivity index (χ1n) is 18.5. The lowest BCUT2D eigenvalue weighted by Gasteiger charge is -2.66. The SMILES string of the molecule is CCCCCCCCCCCCCCCC(=O)OCOC1=C2O[C@@]3(O)C(=O)CC[C@@]4(O)C5CC(C=C1)C2[C@@]34CCN5CC1CC1. The van der Waals surface area contributed by atoms with Gasteiger partial charge in [-0.2, -0.15) is 0 Å². The summed E-state index contributed by atoms with van der Waals surface area (Å²) in [6, 6.07) is -0.117. The lowest BCUT2D eigenvalue weighted by molar-refractivity contribution is -0.318. The molecule has 0 amide bonds. The molecule has 2 heterocycles. The lowest BCUT2D eigenvalue weighted by atomic mass is 9.43. The molecule has 4 aliphatic carbocycles. The minimum absolute atomic E-state index is 0.0256. The number of aliphatic hydroxyl groups is 2. The lowest BCUT2D eigenvalue weighted by Crippen LogP contribution is -2.80. The van der Waals surface area contributed by atoms with Gasteiger partial charge in [-0.05, 0) is 63.0 Å². The van der Waals surface area contributed by atoms with Crippen molar-refractivity contribution in [2.75, 3.05) is 19.9 Å². The Hall–Kier alpha value is -1.90. The van der Waals surface area contributed by atoms with Gasteiger partial charge in [0.15, 0.2) is 5.76 Å². The Labute approximate surface area is 269 Å². The van der Waals surface area contributed by atoms with E-state index in [0.29, 0.717) is 36.7 Å². The van der Waals surface area contributed by atoms with Gasteiger partial charge in [0.25, 0.3) is 5.79 Å². The average molecular weight is 628 g/mol. The summed E-state index contributed by atoms with van der Waals surface area (Å²) >= 11 is 0.